The minimum absolute atomic E-state index is 0.297. The summed E-state index contributed by atoms with van der Waals surface area (Å²) in [7, 11) is 0. The van der Waals surface area contributed by atoms with Crippen LogP contribution in [0.5, 0.6) is 0 Å². The number of halogens is 3. The van der Waals surface area contributed by atoms with Gasteiger partial charge in [-0.15, -0.1) is 0 Å². The lowest BCUT2D eigenvalue weighted by Gasteiger charge is -2.29. The van der Waals surface area contributed by atoms with Gasteiger partial charge in [-0.2, -0.15) is 0 Å². The summed E-state index contributed by atoms with van der Waals surface area (Å²) in [5, 5.41) is 0. The minimum Gasteiger partial charge on any atom is -0.310 e. The van der Waals surface area contributed by atoms with Gasteiger partial charge in [0.2, 0.25) is 0 Å². The van der Waals surface area contributed by atoms with E-state index in [9.17, 15) is 8.78 Å². The first-order chi connectivity index (χ1) is 34.5. The van der Waals surface area contributed by atoms with Gasteiger partial charge < -0.3 is 14.7 Å². The molecule has 6 heteroatoms. The van der Waals surface area contributed by atoms with Crippen molar-refractivity contribution in [2.75, 3.05) is 14.7 Å². The van der Waals surface area contributed by atoms with E-state index in [1.807, 2.05) is 30.3 Å². The Kier molecular flexibility index (Phi) is 11.6. The fraction of sp³-hybridized carbons (Fsp3) is 0.0769. The molecule has 0 fully saturated rings. The third kappa shape index (κ3) is 8.74. The lowest BCUT2D eigenvalue weighted by atomic mass is 9.82. The van der Waals surface area contributed by atoms with Crippen LogP contribution in [0.3, 0.4) is 0 Å². The first-order valence-corrected chi connectivity index (χ1v) is 23.9. The summed E-state index contributed by atoms with van der Waals surface area (Å²) >= 11 is 0. The fourth-order valence-electron chi connectivity index (χ4n) is 10.0. The zero-order valence-corrected chi connectivity index (χ0v) is 39.9. The molecule has 1 aliphatic carbocycles. The van der Waals surface area contributed by atoms with Crippen molar-refractivity contribution in [3.63, 3.8) is 0 Å². The molecule has 0 atom stereocenters. The molecular formula is C65H50F3N3. The van der Waals surface area contributed by atoms with Crippen LogP contribution in [0.2, 0.25) is 0 Å². The standard InChI is InChI=1S/C65H50F3N3/c1-43-14-18-45(19-15-43)46-22-30-54(31-23-46)70(57-12-6-9-50(67)39-57)59-34-36-61-62-37-35-60(42-64(62)65(3,4)63(61)41-59)71(58-13-7-10-51(68)40-58)55-32-24-48(25-33-55)47-20-28-53(29-21-47)69(52-26-16-44(2)17-27-52)56-11-5-8-49(66)38-56/h5-42H,1-4H3. The lowest BCUT2D eigenvalue weighted by molar-refractivity contribution is 0.627. The third-order valence-electron chi connectivity index (χ3n) is 13.7. The topological polar surface area (TPSA) is 9.72 Å². The average molecular weight is 930 g/mol. The normalized spacial score (nSPS) is 12.3. The number of aryl methyl sites for hydroxylation is 2. The van der Waals surface area contributed by atoms with Crippen LogP contribution in [0.15, 0.2) is 231 Å². The maximum Gasteiger partial charge on any atom is 0.125 e. The van der Waals surface area contributed by atoms with Crippen molar-refractivity contribution in [1.82, 2.24) is 0 Å². The van der Waals surface area contributed by atoms with Gasteiger partial charge in [0.15, 0.2) is 0 Å². The fourth-order valence-corrected chi connectivity index (χ4v) is 10.0. The Hall–Kier alpha value is -8.61. The van der Waals surface area contributed by atoms with E-state index >= 15 is 4.39 Å². The van der Waals surface area contributed by atoms with Gasteiger partial charge in [-0.3, -0.25) is 0 Å². The van der Waals surface area contributed by atoms with Crippen LogP contribution in [0.1, 0.15) is 36.1 Å². The van der Waals surface area contributed by atoms with Crippen LogP contribution < -0.4 is 14.7 Å². The number of hydrogen-bond donors (Lipinski definition) is 0. The van der Waals surface area contributed by atoms with Crippen LogP contribution in [0.4, 0.5) is 64.4 Å². The molecule has 0 unspecified atom stereocenters. The van der Waals surface area contributed by atoms with E-state index in [1.165, 1.54) is 23.8 Å². The highest BCUT2D eigenvalue weighted by molar-refractivity contribution is 5.89. The quantitative estimate of drug-likeness (QED) is 0.128. The maximum absolute atomic E-state index is 15.1. The first kappa shape index (κ1) is 44.9. The summed E-state index contributed by atoms with van der Waals surface area (Å²) in [5.74, 6) is -0.925. The number of hydrogen-bond acceptors (Lipinski definition) is 3. The highest BCUT2D eigenvalue weighted by atomic mass is 19.1. The van der Waals surface area contributed by atoms with Crippen molar-refractivity contribution in [2.24, 2.45) is 0 Å². The summed E-state index contributed by atoms with van der Waals surface area (Å²) in [4.78, 5) is 6.27. The monoisotopic (exact) mass is 929 g/mol. The van der Waals surface area contributed by atoms with Crippen molar-refractivity contribution in [3.05, 3.63) is 270 Å². The molecule has 0 radical (unpaired) electrons. The zero-order chi connectivity index (χ0) is 48.8. The molecule has 0 aliphatic heterocycles. The van der Waals surface area contributed by atoms with Crippen molar-refractivity contribution in [2.45, 2.75) is 33.1 Å². The van der Waals surface area contributed by atoms with Gasteiger partial charge in [-0.25, -0.2) is 13.2 Å². The van der Waals surface area contributed by atoms with E-state index in [-0.39, 0.29) is 17.5 Å². The molecule has 0 bridgehead atoms. The molecule has 10 aromatic carbocycles. The molecule has 0 spiro atoms. The highest BCUT2D eigenvalue weighted by Crippen LogP contribution is 2.53. The first-order valence-electron chi connectivity index (χ1n) is 23.9. The van der Waals surface area contributed by atoms with Crippen molar-refractivity contribution in [3.8, 4) is 33.4 Å². The number of nitrogens with zero attached hydrogens (tertiary/aromatic N) is 3. The predicted octanol–water partition coefficient (Wildman–Crippen LogP) is 18.8. The van der Waals surface area contributed by atoms with E-state index in [1.54, 1.807) is 36.4 Å². The molecule has 0 heterocycles. The molecule has 346 valence electrons. The Morgan fingerprint density at radius 2 is 0.535 bits per heavy atom. The van der Waals surface area contributed by atoms with Crippen molar-refractivity contribution >= 4 is 51.2 Å². The van der Waals surface area contributed by atoms with E-state index in [4.69, 9.17) is 0 Å². The number of anilines is 9. The molecule has 0 aromatic heterocycles. The van der Waals surface area contributed by atoms with Gasteiger partial charge >= 0.3 is 0 Å². The summed E-state index contributed by atoms with van der Waals surface area (Å²) in [5.41, 5.74) is 18.4. The van der Waals surface area contributed by atoms with Gasteiger partial charge in [0, 0.05) is 56.6 Å². The third-order valence-corrected chi connectivity index (χ3v) is 13.7. The smallest absolute Gasteiger partial charge is 0.125 e. The van der Waals surface area contributed by atoms with E-state index < -0.39 is 5.41 Å². The number of rotatable bonds is 11. The SMILES string of the molecule is Cc1ccc(-c2ccc(N(c3cccc(F)c3)c3ccc4c(c3)C(C)(C)c3cc(N(c5ccc(-c6ccc(N(c7ccc(C)cc7)c7cccc(F)c7)cc6)cc5)c5cccc(F)c5)ccc3-4)cc2)cc1. The Labute approximate surface area is 414 Å². The van der Waals surface area contributed by atoms with Crippen molar-refractivity contribution < 1.29 is 13.2 Å². The molecule has 11 rings (SSSR count). The Balaban J connectivity index is 0.918. The van der Waals surface area contributed by atoms with Crippen LogP contribution in [-0.4, -0.2) is 0 Å². The van der Waals surface area contributed by atoms with Gasteiger partial charge in [0.1, 0.15) is 17.5 Å². The largest absolute Gasteiger partial charge is 0.310 e. The van der Waals surface area contributed by atoms with E-state index in [0.717, 1.165) is 95.6 Å². The lowest BCUT2D eigenvalue weighted by Crippen LogP contribution is -2.17. The van der Waals surface area contributed by atoms with E-state index in [0.29, 0.717) is 5.69 Å². The molecule has 0 amide bonds. The molecule has 0 N–H and O–H groups in total. The van der Waals surface area contributed by atoms with Gasteiger partial charge in [0.05, 0.1) is 0 Å². The second-order valence-corrected chi connectivity index (χ2v) is 18.9. The summed E-state index contributed by atoms with van der Waals surface area (Å²) in [6.07, 6.45) is 0. The van der Waals surface area contributed by atoms with Crippen LogP contribution in [0, 0.1) is 31.3 Å². The van der Waals surface area contributed by atoms with Crippen LogP contribution in [-0.2, 0) is 5.41 Å². The average Bonchev–Trinajstić information content (AvgIpc) is 3.60. The molecule has 71 heavy (non-hydrogen) atoms. The Morgan fingerprint density at radius 3 is 0.859 bits per heavy atom. The molecular weight excluding hydrogens is 880 g/mol. The summed E-state index contributed by atoms with van der Waals surface area (Å²) in [6, 6.07) is 74.9. The second-order valence-electron chi connectivity index (χ2n) is 18.9. The summed E-state index contributed by atoms with van der Waals surface area (Å²) < 4.78 is 44.6. The molecule has 0 saturated heterocycles. The number of benzene rings is 10. The van der Waals surface area contributed by atoms with Gasteiger partial charge in [-0.05, 0) is 186 Å². The van der Waals surface area contributed by atoms with Crippen LogP contribution >= 0.6 is 0 Å². The van der Waals surface area contributed by atoms with Gasteiger partial charge in [-0.1, -0.05) is 128 Å². The second kappa shape index (κ2) is 18.4. The van der Waals surface area contributed by atoms with Crippen LogP contribution in [0.25, 0.3) is 33.4 Å². The Bertz CT molecular complexity index is 3550. The van der Waals surface area contributed by atoms with Crippen molar-refractivity contribution in [1.29, 1.82) is 0 Å². The van der Waals surface area contributed by atoms with Gasteiger partial charge in [0.25, 0.3) is 0 Å². The molecule has 3 nitrogen and oxygen atoms in total. The zero-order valence-electron chi connectivity index (χ0n) is 39.9. The minimum atomic E-state index is -0.424. The highest BCUT2D eigenvalue weighted by Gasteiger charge is 2.37. The van der Waals surface area contributed by atoms with E-state index in [2.05, 4.69) is 188 Å². The predicted molar refractivity (Wildman–Crippen MR) is 288 cm³/mol. The molecule has 1 aliphatic rings. The molecule has 0 saturated carbocycles. The molecule has 10 aromatic rings. The Morgan fingerprint density at radius 1 is 0.282 bits per heavy atom. The maximum atomic E-state index is 15.1. The number of fused-ring (bicyclic) bond motifs is 3. The summed E-state index contributed by atoms with van der Waals surface area (Å²) in [6.45, 7) is 8.63.